The molecule has 0 aliphatic heterocycles. The van der Waals surface area contributed by atoms with Gasteiger partial charge >= 0.3 is 0 Å². The minimum atomic E-state index is 0.224. The standard InChI is InChI=1S/C14H25N3O2/c1-5-7-15-13-10-14(17-12(6-2)16-13)19-9-8-18-11(3)4/h10-11H,5-9H2,1-4H3,(H,15,16,17). The molecule has 0 aromatic carbocycles. The van der Waals surface area contributed by atoms with Gasteiger partial charge in [0.25, 0.3) is 0 Å². The largest absolute Gasteiger partial charge is 0.475 e. The van der Waals surface area contributed by atoms with Crippen LogP contribution in [0.1, 0.15) is 39.9 Å². The van der Waals surface area contributed by atoms with Crippen LogP contribution in [0.15, 0.2) is 6.07 Å². The third-order valence-electron chi connectivity index (χ3n) is 2.41. The molecular weight excluding hydrogens is 242 g/mol. The second-order valence-corrected chi connectivity index (χ2v) is 4.56. The Bertz CT molecular complexity index is 370. The molecule has 0 saturated heterocycles. The van der Waals surface area contributed by atoms with Crippen LogP contribution in [0.4, 0.5) is 5.82 Å². The molecule has 0 unspecified atom stereocenters. The summed E-state index contributed by atoms with van der Waals surface area (Å²) in [7, 11) is 0. The molecule has 0 bridgehead atoms. The van der Waals surface area contributed by atoms with Gasteiger partial charge < -0.3 is 14.8 Å². The highest BCUT2D eigenvalue weighted by Gasteiger charge is 2.04. The maximum Gasteiger partial charge on any atom is 0.218 e. The van der Waals surface area contributed by atoms with Gasteiger partial charge in [-0.3, -0.25) is 0 Å². The quantitative estimate of drug-likeness (QED) is 0.697. The fourth-order valence-electron chi connectivity index (χ4n) is 1.48. The van der Waals surface area contributed by atoms with Gasteiger partial charge in [-0.15, -0.1) is 0 Å². The molecule has 0 aliphatic carbocycles. The molecule has 5 heteroatoms. The number of aryl methyl sites for hydroxylation is 1. The van der Waals surface area contributed by atoms with E-state index in [-0.39, 0.29) is 6.10 Å². The van der Waals surface area contributed by atoms with E-state index in [9.17, 15) is 0 Å². The first kappa shape index (κ1) is 15.7. The lowest BCUT2D eigenvalue weighted by molar-refractivity contribution is 0.0542. The zero-order valence-corrected chi connectivity index (χ0v) is 12.4. The van der Waals surface area contributed by atoms with Gasteiger partial charge in [0.05, 0.1) is 12.7 Å². The Morgan fingerprint density at radius 2 is 2.00 bits per heavy atom. The monoisotopic (exact) mass is 267 g/mol. The summed E-state index contributed by atoms with van der Waals surface area (Å²) in [6.07, 6.45) is 2.08. The predicted octanol–water partition coefficient (Wildman–Crippen LogP) is 2.66. The van der Waals surface area contributed by atoms with Crippen molar-refractivity contribution in [2.45, 2.75) is 46.6 Å². The van der Waals surface area contributed by atoms with Crippen molar-refractivity contribution in [3.05, 3.63) is 11.9 Å². The molecule has 0 atom stereocenters. The summed E-state index contributed by atoms with van der Waals surface area (Å²) in [6, 6.07) is 1.84. The molecule has 0 fully saturated rings. The first-order chi connectivity index (χ1) is 9.15. The van der Waals surface area contributed by atoms with Crippen molar-refractivity contribution in [3.63, 3.8) is 0 Å². The number of hydrogen-bond acceptors (Lipinski definition) is 5. The van der Waals surface area contributed by atoms with E-state index >= 15 is 0 Å². The van der Waals surface area contributed by atoms with E-state index in [4.69, 9.17) is 9.47 Å². The zero-order valence-electron chi connectivity index (χ0n) is 12.4. The van der Waals surface area contributed by atoms with Crippen molar-refractivity contribution in [3.8, 4) is 5.88 Å². The van der Waals surface area contributed by atoms with Crippen molar-refractivity contribution in [2.24, 2.45) is 0 Å². The summed E-state index contributed by atoms with van der Waals surface area (Å²) in [6.45, 7) is 10.1. The molecule has 0 radical (unpaired) electrons. The molecular formula is C14H25N3O2. The molecule has 0 spiro atoms. The zero-order chi connectivity index (χ0) is 14.1. The fourth-order valence-corrected chi connectivity index (χ4v) is 1.48. The van der Waals surface area contributed by atoms with Crippen LogP contribution in [-0.4, -0.2) is 35.8 Å². The number of nitrogens with one attached hydrogen (secondary N) is 1. The van der Waals surface area contributed by atoms with Crippen LogP contribution in [0.2, 0.25) is 0 Å². The van der Waals surface area contributed by atoms with Gasteiger partial charge in [0.15, 0.2) is 0 Å². The lowest BCUT2D eigenvalue weighted by Crippen LogP contribution is -2.13. The first-order valence-electron chi connectivity index (χ1n) is 7.01. The van der Waals surface area contributed by atoms with E-state index in [1.807, 2.05) is 26.8 Å². The normalized spacial score (nSPS) is 10.8. The van der Waals surface area contributed by atoms with Gasteiger partial charge in [-0.25, -0.2) is 4.98 Å². The number of aromatic nitrogens is 2. The van der Waals surface area contributed by atoms with Crippen LogP contribution in [0.25, 0.3) is 0 Å². The Morgan fingerprint density at radius 3 is 2.63 bits per heavy atom. The van der Waals surface area contributed by atoms with Crippen LogP contribution >= 0.6 is 0 Å². The third kappa shape index (κ3) is 6.38. The minimum Gasteiger partial charge on any atom is -0.475 e. The van der Waals surface area contributed by atoms with Crippen LogP contribution < -0.4 is 10.1 Å². The SMILES string of the molecule is CCCNc1cc(OCCOC(C)C)nc(CC)n1. The van der Waals surface area contributed by atoms with Crippen LogP contribution in [0, 0.1) is 0 Å². The van der Waals surface area contributed by atoms with Gasteiger partial charge in [0.2, 0.25) is 5.88 Å². The van der Waals surface area contributed by atoms with Crippen molar-refractivity contribution < 1.29 is 9.47 Å². The number of ether oxygens (including phenoxy) is 2. The first-order valence-corrected chi connectivity index (χ1v) is 7.01. The second kappa shape index (κ2) is 8.69. The molecule has 0 aliphatic rings. The molecule has 1 aromatic rings. The lowest BCUT2D eigenvalue weighted by Gasteiger charge is -2.11. The maximum atomic E-state index is 5.60. The van der Waals surface area contributed by atoms with Gasteiger partial charge in [0.1, 0.15) is 18.2 Å². The summed E-state index contributed by atoms with van der Waals surface area (Å²) < 4.78 is 11.0. The predicted molar refractivity (Wildman–Crippen MR) is 76.8 cm³/mol. The van der Waals surface area contributed by atoms with Gasteiger partial charge in [0, 0.05) is 19.0 Å². The van der Waals surface area contributed by atoms with E-state index in [0.717, 1.165) is 31.0 Å². The lowest BCUT2D eigenvalue weighted by atomic mass is 10.4. The molecule has 1 rings (SSSR count). The number of hydrogen-bond donors (Lipinski definition) is 1. The van der Waals surface area contributed by atoms with Gasteiger partial charge in [-0.05, 0) is 20.3 Å². The Hall–Kier alpha value is -1.36. The number of anilines is 1. The average molecular weight is 267 g/mol. The number of rotatable bonds is 9. The van der Waals surface area contributed by atoms with Crippen molar-refractivity contribution in [2.75, 3.05) is 25.1 Å². The molecule has 0 saturated carbocycles. The molecule has 5 nitrogen and oxygen atoms in total. The van der Waals surface area contributed by atoms with Crippen molar-refractivity contribution in [1.29, 1.82) is 0 Å². The third-order valence-corrected chi connectivity index (χ3v) is 2.41. The maximum absolute atomic E-state index is 5.60. The molecule has 108 valence electrons. The van der Waals surface area contributed by atoms with Crippen molar-refractivity contribution >= 4 is 5.82 Å². The van der Waals surface area contributed by atoms with Crippen LogP contribution in [0.3, 0.4) is 0 Å². The fraction of sp³-hybridized carbons (Fsp3) is 0.714. The van der Waals surface area contributed by atoms with Crippen molar-refractivity contribution in [1.82, 2.24) is 9.97 Å². The molecule has 1 N–H and O–H groups in total. The van der Waals surface area contributed by atoms with Gasteiger partial charge in [-0.1, -0.05) is 13.8 Å². The summed E-state index contributed by atoms with van der Waals surface area (Å²) in [5.74, 6) is 2.23. The highest BCUT2D eigenvalue weighted by atomic mass is 16.5. The van der Waals surface area contributed by atoms with E-state index < -0.39 is 0 Å². The smallest absolute Gasteiger partial charge is 0.218 e. The van der Waals surface area contributed by atoms with E-state index in [1.165, 1.54) is 0 Å². The van der Waals surface area contributed by atoms with Crippen LogP contribution in [0.5, 0.6) is 5.88 Å². The van der Waals surface area contributed by atoms with E-state index in [0.29, 0.717) is 19.1 Å². The minimum absolute atomic E-state index is 0.224. The molecule has 1 aromatic heterocycles. The highest BCUT2D eigenvalue weighted by Crippen LogP contribution is 2.14. The topological polar surface area (TPSA) is 56.3 Å². The Labute approximate surface area is 115 Å². The Balaban J connectivity index is 2.55. The average Bonchev–Trinajstić information content (AvgIpc) is 2.41. The summed E-state index contributed by atoms with van der Waals surface area (Å²) in [5, 5.41) is 3.26. The second-order valence-electron chi connectivity index (χ2n) is 4.56. The van der Waals surface area contributed by atoms with Gasteiger partial charge in [-0.2, -0.15) is 4.98 Å². The van der Waals surface area contributed by atoms with E-state index in [1.54, 1.807) is 0 Å². The van der Waals surface area contributed by atoms with E-state index in [2.05, 4.69) is 22.2 Å². The Morgan fingerprint density at radius 1 is 1.21 bits per heavy atom. The molecule has 1 heterocycles. The summed E-state index contributed by atoms with van der Waals surface area (Å²) in [4.78, 5) is 8.76. The number of nitrogens with zero attached hydrogens (tertiary/aromatic N) is 2. The highest BCUT2D eigenvalue weighted by molar-refractivity contribution is 5.38. The molecule has 0 amide bonds. The summed E-state index contributed by atoms with van der Waals surface area (Å²) >= 11 is 0. The Kier molecular flexibility index (Phi) is 7.18. The van der Waals surface area contributed by atoms with Crippen LogP contribution in [-0.2, 0) is 11.2 Å². The molecule has 19 heavy (non-hydrogen) atoms. The summed E-state index contributed by atoms with van der Waals surface area (Å²) in [5.41, 5.74) is 0.